The number of benzene rings is 1. The van der Waals surface area contributed by atoms with Gasteiger partial charge in [-0.25, -0.2) is 9.78 Å². The van der Waals surface area contributed by atoms with E-state index in [1.54, 1.807) is 24.3 Å². The van der Waals surface area contributed by atoms with E-state index in [2.05, 4.69) is 4.98 Å². The van der Waals surface area contributed by atoms with Crippen LogP contribution >= 0.6 is 0 Å². The number of aromatic nitrogens is 2. The summed E-state index contributed by atoms with van der Waals surface area (Å²) in [4.78, 5) is 30.1. The number of carboxylic acid groups (broad SMARTS) is 1. The standard InChI is InChI=1S/C21H21N3O5/c1-14-5-6-19-22-16(11-23(19)10-14)12-29-17-4-2-3-15(9-17)20(25)24-7-8-28-13-18(24)21(26)27/h2-6,9-11,18H,7-8,12-13H2,1H3,(H,26,27). The summed E-state index contributed by atoms with van der Waals surface area (Å²) in [6.45, 7) is 2.82. The Kier molecular flexibility index (Phi) is 5.18. The molecule has 29 heavy (non-hydrogen) atoms. The van der Waals surface area contributed by atoms with Crippen LogP contribution in [0.3, 0.4) is 0 Å². The highest BCUT2D eigenvalue weighted by atomic mass is 16.5. The third-order valence-corrected chi connectivity index (χ3v) is 4.79. The number of morpholine rings is 1. The van der Waals surface area contributed by atoms with E-state index in [-0.39, 0.29) is 25.7 Å². The van der Waals surface area contributed by atoms with E-state index in [0.717, 1.165) is 16.9 Å². The van der Waals surface area contributed by atoms with E-state index in [0.29, 0.717) is 17.9 Å². The molecule has 0 bridgehead atoms. The lowest BCUT2D eigenvalue weighted by atomic mass is 10.1. The van der Waals surface area contributed by atoms with Crippen LogP contribution in [0.4, 0.5) is 0 Å². The zero-order chi connectivity index (χ0) is 20.4. The molecule has 0 aliphatic carbocycles. The predicted molar refractivity (Wildman–Crippen MR) is 104 cm³/mol. The number of carbonyl (C=O) groups excluding carboxylic acids is 1. The van der Waals surface area contributed by atoms with E-state index in [1.807, 2.05) is 35.9 Å². The molecule has 1 atom stereocenters. The van der Waals surface area contributed by atoms with Gasteiger partial charge in [-0.15, -0.1) is 0 Å². The number of aliphatic carboxylic acids is 1. The van der Waals surface area contributed by atoms with Gasteiger partial charge in [0.05, 0.1) is 18.9 Å². The molecular weight excluding hydrogens is 374 g/mol. The number of carboxylic acids is 1. The molecule has 1 aromatic carbocycles. The van der Waals surface area contributed by atoms with Crippen LogP contribution in [0.1, 0.15) is 21.6 Å². The number of hydrogen-bond donors (Lipinski definition) is 1. The number of imidazole rings is 1. The van der Waals surface area contributed by atoms with Crippen molar-refractivity contribution in [2.75, 3.05) is 19.8 Å². The Morgan fingerprint density at radius 2 is 2.14 bits per heavy atom. The van der Waals surface area contributed by atoms with Gasteiger partial charge in [0.1, 0.15) is 18.0 Å². The number of pyridine rings is 1. The molecule has 0 radical (unpaired) electrons. The molecular formula is C21H21N3O5. The van der Waals surface area contributed by atoms with Gasteiger partial charge in [0.25, 0.3) is 5.91 Å². The highest BCUT2D eigenvalue weighted by molar-refractivity contribution is 5.97. The lowest BCUT2D eigenvalue weighted by molar-refractivity contribution is -0.147. The van der Waals surface area contributed by atoms with Crippen LogP contribution in [0.25, 0.3) is 5.65 Å². The van der Waals surface area contributed by atoms with Gasteiger partial charge in [-0.05, 0) is 36.8 Å². The van der Waals surface area contributed by atoms with Gasteiger partial charge in [-0.1, -0.05) is 12.1 Å². The van der Waals surface area contributed by atoms with E-state index in [1.165, 1.54) is 4.90 Å². The van der Waals surface area contributed by atoms with Crippen LogP contribution in [0.5, 0.6) is 5.75 Å². The zero-order valence-corrected chi connectivity index (χ0v) is 15.9. The molecule has 4 rings (SSSR count). The summed E-state index contributed by atoms with van der Waals surface area (Å²) in [6.07, 6.45) is 3.90. The van der Waals surface area contributed by atoms with Crippen molar-refractivity contribution in [1.82, 2.24) is 14.3 Å². The molecule has 2 aromatic heterocycles. The van der Waals surface area contributed by atoms with Crippen LogP contribution in [0.2, 0.25) is 0 Å². The molecule has 1 aliphatic heterocycles. The van der Waals surface area contributed by atoms with Crippen molar-refractivity contribution in [2.24, 2.45) is 0 Å². The van der Waals surface area contributed by atoms with E-state index < -0.39 is 12.0 Å². The number of hydrogen-bond acceptors (Lipinski definition) is 5. The Bertz CT molecular complexity index is 1060. The van der Waals surface area contributed by atoms with Gasteiger partial charge in [0.15, 0.2) is 6.04 Å². The van der Waals surface area contributed by atoms with Crippen molar-refractivity contribution < 1.29 is 24.2 Å². The number of ether oxygens (including phenoxy) is 2. The first-order valence-electron chi connectivity index (χ1n) is 9.30. The molecule has 1 N–H and O–H groups in total. The van der Waals surface area contributed by atoms with E-state index in [4.69, 9.17) is 9.47 Å². The summed E-state index contributed by atoms with van der Waals surface area (Å²) < 4.78 is 13.0. The molecule has 150 valence electrons. The summed E-state index contributed by atoms with van der Waals surface area (Å²) in [5.74, 6) is -0.911. The van der Waals surface area contributed by atoms with Gasteiger partial charge in [0, 0.05) is 24.5 Å². The Balaban J connectivity index is 1.47. The minimum atomic E-state index is -1.08. The quantitative estimate of drug-likeness (QED) is 0.712. The fourth-order valence-corrected chi connectivity index (χ4v) is 3.32. The molecule has 8 nitrogen and oxygen atoms in total. The highest BCUT2D eigenvalue weighted by Crippen LogP contribution is 2.19. The lowest BCUT2D eigenvalue weighted by Gasteiger charge is -2.32. The van der Waals surface area contributed by atoms with E-state index >= 15 is 0 Å². The number of carbonyl (C=O) groups is 2. The van der Waals surface area contributed by atoms with Crippen LogP contribution < -0.4 is 4.74 Å². The largest absolute Gasteiger partial charge is 0.487 e. The first kappa shape index (κ1) is 18.9. The van der Waals surface area contributed by atoms with Crippen molar-refractivity contribution in [3.8, 4) is 5.75 Å². The predicted octanol–water partition coefficient (Wildman–Crippen LogP) is 2.15. The fraction of sp³-hybridized carbons (Fsp3) is 0.286. The second kappa shape index (κ2) is 7.92. The first-order chi connectivity index (χ1) is 14.0. The van der Waals surface area contributed by atoms with Gasteiger partial charge in [-0.2, -0.15) is 0 Å². The van der Waals surface area contributed by atoms with Gasteiger partial charge >= 0.3 is 5.97 Å². The summed E-state index contributed by atoms with van der Waals surface area (Å²) in [6, 6.07) is 9.70. The maximum Gasteiger partial charge on any atom is 0.328 e. The first-order valence-corrected chi connectivity index (χ1v) is 9.30. The zero-order valence-electron chi connectivity index (χ0n) is 15.9. The maximum absolute atomic E-state index is 12.8. The second-order valence-electron chi connectivity index (χ2n) is 6.95. The number of fused-ring (bicyclic) bond motifs is 1. The van der Waals surface area contributed by atoms with Gasteiger partial charge in [0.2, 0.25) is 0 Å². The van der Waals surface area contributed by atoms with Crippen molar-refractivity contribution >= 4 is 17.5 Å². The second-order valence-corrected chi connectivity index (χ2v) is 6.95. The molecule has 0 saturated carbocycles. The van der Waals surface area contributed by atoms with Crippen LogP contribution in [-0.4, -0.2) is 57.1 Å². The average molecular weight is 395 g/mol. The Morgan fingerprint density at radius 1 is 1.28 bits per heavy atom. The highest BCUT2D eigenvalue weighted by Gasteiger charge is 2.33. The number of rotatable bonds is 5. The minimum Gasteiger partial charge on any atom is -0.487 e. The van der Waals surface area contributed by atoms with Crippen molar-refractivity contribution in [1.29, 1.82) is 0 Å². The Labute approximate surface area is 167 Å². The molecule has 3 aromatic rings. The molecule has 1 aliphatic rings. The molecule has 1 amide bonds. The normalized spacial score (nSPS) is 16.7. The smallest absolute Gasteiger partial charge is 0.328 e. The molecule has 1 saturated heterocycles. The third kappa shape index (κ3) is 4.07. The van der Waals surface area contributed by atoms with Gasteiger partial charge in [-0.3, -0.25) is 4.79 Å². The number of aryl methyl sites for hydroxylation is 1. The Morgan fingerprint density at radius 3 is 2.97 bits per heavy atom. The summed E-state index contributed by atoms with van der Waals surface area (Å²) in [5, 5.41) is 9.34. The summed E-state index contributed by atoms with van der Waals surface area (Å²) >= 11 is 0. The third-order valence-electron chi connectivity index (χ3n) is 4.79. The van der Waals surface area contributed by atoms with Crippen LogP contribution in [0, 0.1) is 6.92 Å². The number of amides is 1. The Hall–Kier alpha value is -3.39. The van der Waals surface area contributed by atoms with Crippen molar-refractivity contribution in [2.45, 2.75) is 19.6 Å². The maximum atomic E-state index is 12.8. The molecule has 1 unspecified atom stereocenters. The van der Waals surface area contributed by atoms with Crippen molar-refractivity contribution in [3.63, 3.8) is 0 Å². The monoisotopic (exact) mass is 395 g/mol. The molecule has 1 fully saturated rings. The van der Waals surface area contributed by atoms with E-state index in [9.17, 15) is 14.7 Å². The summed E-state index contributed by atoms with van der Waals surface area (Å²) in [5.41, 5.74) is 3.12. The molecule has 8 heteroatoms. The average Bonchev–Trinajstić information content (AvgIpc) is 3.14. The van der Waals surface area contributed by atoms with Crippen molar-refractivity contribution in [3.05, 3.63) is 65.6 Å². The topological polar surface area (TPSA) is 93.4 Å². The lowest BCUT2D eigenvalue weighted by Crippen LogP contribution is -2.52. The minimum absolute atomic E-state index is 0.00930. The fourth-order valence-electron chi connectivity index (χ4n) is 3.32. The number of nitrogens with zero attached hydrogens (tertiary/aromatic N) is 3. The molecule has 3 heterocycles. The molecule has 0 spiro atoms. The van der Waals surface area contributed by atoms with Crippen LogP contribution in [-0.2, 0) is 16.1 Å². The van der Waals surface area contributed by atoms with Crippen LogP contribution in [0.15, 0.2) is 48.8 Å². The summed E-state index contributed by atoms with van der Waals surface area (Å²) in [7, 11) is 0. The van der Waals surface area contributed by atoms with Gasteiger partial charge < -0.3 is 23.9 Å². The SMILES string of the molecule is Cc1ccc2nc(COc3cccc(C(=O)N4CCOCC4C(=O)O)c3)cn2c1.